The van der Waals surface area contributed by atoms with E-state index in [1.807, 2.05) is 0 Å². The second-order valence-electron chi connectivity index (χ2n) is 9.13. The number of likely N-dealkylation sites (tertiary alicyclic amines) is 2. The lowest BCUT2D eigenvalue weighted by atomic mass is 9.73. The first-order chi connectivity index (χ1) is 13.6. The minimum Gasteiger partial charge on any atom is -0.379 e. The minimum atomic E-state index is 0.579. The molecule has 2 N–H and O–H groups in total. The van der Waals surface area contributed by atoms with Gasteiger partial charge in [0.05, 0.1) is 26.4 Å². The van der Waals surface area contributed by atoms with Crippen LogP contribution in [-0.4, -0.2) is 101 Å². The third kappa shape index (κ3) is 8.64. The molecule has 2 aliphatic rings. The molecular weight excluding hydrogens is 352 g/mol. The Hall–Kier alpha value is -0.240. The summed E-state index contributed by atoms with van der Waals surface area (Å²) >= 11 is 0. The van der Waals surface area contributed by atoms with Gasteiger partial charge < -0.3 is 20.1 Å². The van der Waals surface area contributed by atoms with Gasteiger partial charge in [-0.25, -0.2) is 0 Å². The Bertz CT molecular complexity index is 396. The molecule has 2 heterocycles. The highest BCUT2D eigenvalue weighted by molar-refractivity contribution is 5.05. The van der Waals surface area contributed by atoms with E-state index in [-0.39, 0.29) is 0 Å². The van der Waals surface area contributed by atoms with Gasteiger partial charge in [0.1, 0.15) is 0 Å². The highest BCUT2D eigenvalue weighted by atomic mass is 16.5. The molecule has 0 radical (unpaired) electrons. The quantitative estimate of drug-likeness (QED) is 0.364. The third-order valence-electron chi connectivity index (χ3n) is 6.30. The molecule has 0 aromatic heterocycles. The fourth-order valence-electron chi connectivity index (χ4n) is 4.07. The largest absolute Gasteiger partial charge is 0.379 e. The van der Waals surface area contributed by atoms with Gasteiger partial charge in [0.25, 0.3) is 0 Å². The summed E-state index contributed by atoms with van der Waals surface area (Å²) in [5.41, 5.74) is 0.579. The maximum absolute atomic E-state index is 5.77. The van der Waals surface area contributed by atoms with Crippen LogP contribution in [0.2, 0.25) is 0 Å². The van der Waals surface area contributed by atoms with Crippen LogP contribution in [0.25, 0.3) is 0 Å². The summed E-state index contributed by atoms with van der Waals surface area (Å²) in [5, 5.41) is 6.93. The van der Waals surface area contributed by atoms with E-state index in [0.29, 0.717) is 11.5 Å². The topological polar surface area (TPSA) is 49.0 Å². The summed E-state index contributed by atoms with van der Waals surface area (Å²) in [7, 11) is 0. The molecule has 1 spiro atoms. The first-order valence-electron chi connectivity index (χ1n) is 11.6. The molecule has 28 heavy (non-hydrogen) atoms. The van der Waals surface area contributed by atoms with E-state index in [4.69, 9.17) is 9.47 Å². The second kappa shape index (κ2) is 13.1. The normalized spacial score (nSPS) is 21.4. The molecular formula is C22H46N4O2. The van der Waals surface area contributed by atoms with Crippen molar-refractivity contribution in [2.75, 3.05) is 85.3 Å². The molecule has 2 fully saturated rings. The monoisotopic (exact) mass is 398 g/mol. The van der Waals surface area contributed by atoms with Crippen LogP contribution >= 0.6 is 0 Å². The van der Waals surface area contributed by atoms with Crippen molar-refractivity contribution >= 4 is 0 Å². The van der Waals surface area contributed by atoms with E-state index in [2.05, 4.69) is 48.1 Å². The Labute approximate surface area is 173 Å². The smallest absolute Gasteiger partial charge is 0.0594 e. The van der Waals surface area contributed by atoms with E-state index < -0.39 is 0 Å². The Kier molecular flexibility index (Phi) is 11.3. The van der Waals surface area contributed by atoms with Gasteiger partial charge in [-0.05, 0) is 25.8 Å². The van der Waals surface area contributed by atoms with E-state index in [0.717, 1.165) is 65.1 Å². The fourth-order valence-corrected chi connectivity index (χ4v) is 4.07. The Balaban J connectivity index is 1.34. The van der Waals surface area contributed by atoms with Gasteiger partial charge in [-0.3, -0.25) is 9.80 Å². The number of rotatable bonds is 17. The van der Waals surface area contributed by atoms with Crippen molar-refractivity contribution in [2.45, 2.75) is 46.6 Å². The zero-order valence-corrected chi connectivity index (χ0v) is 19.0. The molecule has 2 rings (SSSR count). The number of hydrogen-bond donors (Lipinski definition) is 2. The van der Waals surface area contributed by atoms with Crippen LogP contribution in [0.3, 0.4) is 0 Å². The predicted octanol–water partition coefficient (Wildman–Crippen LogP) is 1.66. The molecule has 0 bridgehead atoms. The lowest BCUT2D eigenvalue weighted by Crippen LogP contribution is -2.72. The van der Waals surface area contributed by atoms with E-state index in [9.17, 15) is 0 Å². The van der Waals surface area contributed by atoms with Crippen LogP contribution in [0.4, 0.5) is 0 Å². The van der Waals surface area contributed by atoms with Crippen molar-refractivity contribution in [3.63, 3.8) is 0 Å². The molecule has 0 aromatic rings. The van der Waals surface area contributed by atoms with Crippen LogP contribution in [0.5, 0.6) is 0 Å². The van der Waals surface area contributed by atoms with Gasteiger partial charge in [0.2, 0.25) is 0 Å². The Morgan fingerprint density at radius 1 is 0.821 bits per heavy atom. The van der Waals surface area contributed by atoms with Crippen LogP contribution < -0.4 is 10.6 Å². The maximum atomic E-state index is 5.77. The van der Waals surface area contributed by atoms with Crippen molar-refractivity contribution in [1.82, 2.24) is 20.4 Å². The molecule has 2 unspecified atom stereocenters. The summed E-state index contributed by atoms with van der Waals surface area (Å²) < 4.78 is 11.5. The van der Waals surface area contributed by atoms with Crippen molar-refractivity contribution in [3.05, 3.63) is 0 Å². The van der Waals surface area contributed by atoms with Gasteiger partial charge in [-0.1, -0.05) is 27.2 Å². The molecule has 6 heteroatoms. The lowest BCUT2D eigenvalue weighted by Gasteiger charge is -2.60. The SMILES string of the molecule is CCC(C)CNCCOCCN1CC2(C1)CN(CCOCCNC(C)CC)C2. The van der Waals surface area contributed by atoms with Crippen LogP contribution in [-0.2, 0) is 9.47 Å². The summed E-state index contributed by atoms with van der Waals surface area (Å²) in [6.07, 6.45) is 2.42. The van der Waals surface area contributed by atoms with Crippen LogP contribution in [0.1, 0.15) is 40.5 Å². The second-order valence-corrected chi connectivity index (χ2v) is 9.13. The summed E-state index contributed by atoms with van der Waals surface area (Å²) in [5.74, 6) is 0.762. The standard InChI is InChI=1S/C22H46N4O2/c1-5-20(3)15-23-7-11-27-13-9-25-16-22(17-25)18-26(19-22)10-14-28-12-8-24-21(4)6-2/h20-21,23-24H,5-19H2,1-4H3. The zero-order chi connectivity index (χ0) is 20.2. The average Bonchev–Trinajstić information content (AvgIpc) is 2.64. The molecule has 0 aromatic carbocycles. The molecule has 6 nitrogen and oxygen atoms in total. The molecule has 0 aliphatic carbocycles. The van der Waals surface area contributed by atoms with E-state index >= 15 is 0 Å². The van der Waals surface area contributed by atoms with Crippen LogP contribution in [0.15, 0.2) is 0 Å². The number of nitrogens with zero attached hydrogens (tertiary/aromatic N) is 2. The summed E-state index contributed by atoms with van der Waals surface area (Å²) in [6.45, 7) is 22.5. The number of hydrogen-bond acceptors (Lipinski definition) is 6. The van der Waals surface area contributed by atoms with Gasteiger partial charge in [0.15, 0.2) is 0 Å². The van der Waals surface area contributed by atoms with Crippen molar-refractivity contribution in [3.8, 4) is 0 Å². The van der Waals surface area contributed by atoms with E-state index in [1.165, 1.54) is 39.0 Å². The fraction of sp³-hybridized carbons (Fsp3) is 1.00. The van der Waals surface area contributed by atoms with Crippen molar-refractivity contribution in [2.24, 2.45) is 11.3 Å². The first kappa shape index (κ1) is 24.0. The average molecular weight is 399 g/mol. The van der Waals surface area contributed by atoms with Gasteiger partial charge in [-0.15, -0.1) is 0 Å². The zero-order valence-electron chi connectivity index (χ0n) is 19.0. The number of nitrogens with one attached hydrogen (secondary N) is 2. The van der Waals surface area contributed by atoms with Gasteiger partial charge >= 0.3 is 0 Å². The highest BCUT2D eigenvalue weighted by Crippen LogP contribution is 2.38. The molecule has 166 valence electrons. The van der Waals surface area contributed by atoms with Crippen molar-refractivity contribution < 1.29 is 9.47 Å². The predicted molar refractivity (Wildman–Crippen MR) is 117 cm³/mol. The number of ether oxygens (including phenoxy) is 2. The van der Waals surface area contributed by atoms with Crippen LogP contribution in [0, 0.1) is 11.3 Å². The first-order valence-corrected chi connectivity index (χ1v) is 11.6. The Morgan fingerprint density at radius 3 is 1.93 bits per heavy atom. The van der Waals surface area contributed by atoms with Crippen molar-refractivity contribution in [1.29, 1.82) is 0 Å². The summed E-state index contributed by atoms with van der Waals surface area (Å²) in [6, 6.07) is 0.595. The molecule has 2 atom stereocenters. The maximum Gasteiger partial charge on any atom is 0.0594 e. The minimum absolute atomic E-state index is 0.579. The molecule has 0 amide bonds. The van der Waals surface area contributed by atoms with Gasteiger partial charge in [0, 0.05) is 63.8 Å². The molecule has 2 saturated heterocycles. The summed E-state index contributed by atoms with van der Waals surface area (Å²) in [4.78, 5) is 5.08. The molecule has 0 saturated carbocycles. The molecule has 2 aliphatic heterocycles. The van der Waals surface area contributed by atoms with Gasteiger partial charge in [-0.2, -0.15) is 0 Å². The van der Waals surface area contributed by atoms with E-state index in [1.54, 1.807) is 0 Å². The lowest BCUT2D eigenvalue weighted by molar-refractivity contribution is -0.123. The highest BCUT2D eigenvalue weighted by Gasteiger charge is 2.50. The Morgan fingerprint density at radius 2 is 1.39 bits per heavy atom. The third-order valence-corrected chi connectivity index (χ3v) is 6.30.